The second kappa shape index (κ2) is 7.72. The Balaban J connectivity index is 1.59. The molecule has 2 fully saturated rings. The third kappa shape index (κ3) is 3.73. The van der Waals surface area contributed by atoms with Gasteiger partial charge in [0, 0.05) is 32.4 Å². The number of piperazine rings is 2. The van der Waals surface area contributed by atoms with Crippen molar-refractivity contribution in [1.82, 2.24) is 20.1 Å². The lowest BCUT2D eigenvalue weighted by Gasteiger charge is -2.45. The number of unbranched alkanes of at least 4 members (excludes halogenated alkanes) is 1. The molecule has 3 heterocycles. The summed E-state index contributed by atoms with van der Waals surface area (Å²) in [7, 11) is 0. The number of fused-ring (bicyclic) bond motifs is 1. The van der Waals surface area contributed by atoms with Crippen molar-refractivity contribution in [2.45, 2.75) is 37.9 Å². The van der Waals surface area contributed by atoms with Gasteiger partial charge in [0.2, 0.25) is 11.8 Å². The lowest BCUT2D eigenvalue weighted by Crippen LogP contribution is -2.69. The van der Waals surface area contributed by atoms with Gasteiger partial charge in [0.1, 0.15) is 12.1 Å². The number of nitrogens with two attached hydrogens (primary N) is 1. The zero-order chi connectivity index (χ0) is 16.9. The molecule has 0 spiro atoms. The summed E-state index contributed by atoms with van der Waals surface area (Å²) in [5.41, 5.74) is 6.48. The second-order valence-electron chi connectivity index (χ2n) is 6.45. The van der Waals surface area contributed by atoms with Gasteiger partial charge in [-0.3, -0.25) is 19.5 Å². The summed E-state index contributed by atoms with van der Waals surface area (Å²) < 4.78 is 0. The summed E-state index contributed by atoms with van der Waals surface area (Å²) in [5.74, 6) is 0.00665. The molecule has 2 aliphatic rings. The molecule has 130 valence electrons. The molecule has 7 heteroatoms. The van der Waals surface area contributed by atoms with Crippen LogP contribution in [0, 0.1) is 0 Å². The van der Waals surface area contributed by atoms with Gasteiger partial charge in [-0.05, 0) is 37.9 Å². The maximum atomic E-state index is 12.6. The van der Waals surface area contributed by atoms with Crippen molar-refractivity contribution in [1.29, 1.82) is 0 Å². The molecule has 24 heavy (non-hydrogen) atoms. The average Bonchev–Trinajstić information content (AvgIpc) is 2.60. The summed E-state index contributed by atoms with van der Waals surface area (Å²) >= 11 is 0. The van der Waals surface area contributed by atoms with Crippen LogP contribution in [0.1, 0.15) is 25.0 Å². The van der Waals surface area contributed by atoms with E-state index in [1.165, 1.54) is 0 Å². The van der Waals surface area contributed by atoms with Crippen LogP contribution in [0.4, 0.5) is 0 Å². The van der Waals surface area contributed by atoms with E-state index in [-0.39, 0.29) is 23.9 Å². The van der Waals surface area contributed by atoms with Gasteiger partial charge >= 0.3 is 0 Å². The van der Waals surface area contributed by atoms with E-state index in [9.17, 15) is 9.59 Å². The minimum absolute atomic E-state index is 0.0435. The lowest BCUT2D eigenvalue weighted by atomic mass is 10.00. The highest BCUT2D eigenvalue weighted by Crippen LogP contribution is 2.19. The largest absolute Gasteiger partial charge is 0.342 e. The van der Waals surface area contributed by atoms with E-state index in [2.05, 4.69) is 15.2 Å². The molecule has 0 aliphatic carbocycles. The van der Waals surface area contributed by atoms with E-state index in [0.29, 0.717) is 32.6 Å². The van der Waals surface area contributed by atoms with Gasteiger partial charge in [-0.2, -0.15) is 0 Å². The van der Waals surface area contributed by atoms with E-state index < -0.39 is 0 Å². The van der Waals surface area contributed by atoms with Crippen molar-refractivity contribution in [3.05, 3.63) is 30.1 Å². The summed E-state index contributed by atoms with van der Waals surface area (Å²) in [6, 6.07) is 5.05. The third-order valence-electron chi connectivity index (χ3n) is 4.72. The van der Waals surface area contributed by atoms with Gasteiger partial charge in [0.15, 0.2) is 0 Å². The lowest BCUT2D eigenvalue weighted by molar-refractivity contribution is -0.153. The molecule has 2 atom stereocenters. The Kier molecular flexibility index (Phi) is 5.42. The second-order valence-corrected chi connectivity index (χ2v) is 6.45. The van der Waals surface area contributed by atoms with Crippen LogP contribution in [0.2, 0.25) is 0 Å². The van der Waals surface area contributed by atoms with Gasteiger partial charge in [-0.1, -0.05) is 6.07 Å². The van der Waals surface area contributed by atoms with Crippen molar-refractivity contribution < 1.29 is 9.59 Å². The molecule has 2 aliphatic heterocycles. The third-order valence-corrected chi connectivity index (χ3v) is 4.72. The number of nitrogens with zero attached hydrogens (tertiary/aromatic N) is 3. The Bertz CT molecular complexity index is 580. The average molecular weight is 331 g/mol. The number of rotatable bonds is 6. The minimum atomic E-state index is -0.388. The molecule has 0 saturated carbocycles. The first-order chi connectivity index (χ1) is 11.7. The maximum absolute atomic E-state index is 12.6. The molecule has 0 aromatic carbocycles. The Morgan fingerprint density at radius 3 is 2.88 bits per heavy atom. The summed E-state index contributed by atoms with van der Waals surface area (Å²) in [4.78, 5) is 33.3. The van der Waals surface area contributed by atoms with Crippen LogP contribution in [-0.4, -0.2) is 64.9 Å². The number of pyridine rings is 1. The molecule has 1 aromatic heterocycles. The topological polar surface area (TPSA) is 91.6 Å². The molecule has 2 saturated heterocycles. The first-order valence-corrected chi connectivity index (χ1v) is 8.62. The van der Waals surface area contributed by atoms with E-state index in [1.54, 1.807) is 11.1 Å². The van der Waals surface area contributed by atoms with E-state index >= 15 is 0 Å². The number of carbonyl (C=O) groups is 2. The van der Waals surface area contributed by atoms with Crippen molar-refractivity contribution in [3.8, 4) is 0 Å². The van der Waals surface area contributed by atoms with E-state index in [4.69, 9.17) is 5.73 Å². The molecular weight excluding hydrogens is 306 g/mol. The predicted molar refractivity (Wildman–Crippen MR) is 89.9 cm³/mol. The molecule has 0 bridgehead atoms. The van der Waals surface area contributed by atoms with Gasteiger partial charge in [-0.15, -0.1) is 0 Å². The van der Waals surface area contributed by atoms with Gasteiger partial charge in [0.05, 0.1) is 5.69 Å². The van der Waals surface area contributed by atoms with Crippen molar-refractivity contribution in [2.75, 3.05) is 26.2 Å². The zero-order valence-electron chi connectivity index (χ0n) is 13.9. The van der Waals surface area contributed by atoms with Crippen LogP contribution < -0.4 is 11.1 Å². The SMILES string of the molecule is NCCCC[C@@H]1NC(=O)[C@H]2CN(Cc3ccccn3)CCN2C1=O. The maximum Gasteiger partial charge on any atom is 0.245 e. The van der Waals surface area contributed by atoms with Gasteiger partial charge in [0.25, 0.3) is 0 Å². The molecule has 7 nitrogen and oxygen atoms in total. The Morgan fingerprint density at radius 2 is 2.12 bits per heavy atom. The van der Waals surface area contributed by atoms with Gasteiger partial charge in [-0.25, -0.2) is 0 Å². The molecule has 0 radical (unpaired) electrons. The van der Waals surface area contributed by atoms with Crippen LogP contribution in [0.15, 0.2) is 24.4 Å². The first-order valence-electron chi connectivity index (χ1n) is 8.62. The smallest absolute Gasteiger partial charge is 0.245 e. The highest BCUT2D eigenvalue weighted by molar-refractivity contribution is 5.97. The Morgan fingerprint density at radius 1 is 1.25 bits per heavy atom. The summed E-state index contributed by atoms with van der Waals surface area (Å²) in [6.07, 6.45) is 4.18. The van der Waals surface area contributed by atoms with Gasteiger partial charge < -0.3 is 16.0 Å². The molecule has 3 N–H and O–H groups in total. The number of amides is 2. The van der Waals surface area contributed by atoms with Crippen LogP contribution in [0.3, 0.4) is 0 Å². The molecule has 2 amide bonds. The Labute approximate surface area is 142 Å². The number of hydrogen-bond donors (Lipinski definition) is 2. The molecule has 0 unspecified atom stereocenters. The minimum Gasteiger partial charge on any atom is -0.342 e. The molecular formula is C17H25N5O2. The van der Waals surface area contributed by atoms with Crippen LogP contribution in [0.5, 0.6) is 0 Å². The number of hydrogen-bond acceptors (Lipinski definition) is 5. The number of aromatic nitrogens is 1. The molecule has 3 rings (SSSR count). The zero-order valence-corrected chi connectivity index (χ0v) is 13.9. The highest BCUT2D eigenvalue weighted by Gasteiger charge is 2.42. The first kappa shape index (κ1) is 16.9. The normalized spacial score (nSPS) is 24.6. The molecule has 1 aromatic rings. The standard InChI is InChI=1S/C17H25N5O2/c18-7-3-1-6-14-17(24)22-10-9-21(12-15(22)16(23)20-14)11-13-5-2-4-8-19-13/h2,4-5,8,14-15H,1,3,6-7,9-12,18H2,(H,20,23)/t14-,15+/m0/s1. The van der Waals surface area contributed by atoms with Crippen molar-refractivity contribution in [2.24, 2.45) is 5.73 Å². The fraction of sp³-hybridized carbons (Fsp3) is 0.588. The van der Waals surface area contributed by atoms with Crippen molar-refractivity contribution in [3.63, 3.8) is 0 Å². The highest BCUT2D eigenvalue weighted by atomic mass is 16.2. The Hall–Kier alpha value is -1.99. The fourth-order valence-corrected chi connectivity index (χ4v) is 3.41. The quantitative estimate of drug-likeness (QED) is 0.700. The van der Waals surface area contributed by atoms with E-state index in [0.717, 1.165) is 25.1 Å². The van der Waals surface area contributed by atoms with Crippen LogP contribution in [0.25, 0.3) is 0 Å². The summed E-state index contributed by atoms with van der Waals surface area (Å²) in [6.45, 7) is 3.23. The van der Waals surface area contributed by atoms with E-state index in [1.807, 2.05) is 18.2 Å². The summed E-state index contributed by atoms with van der Waals surface area (Å²) in [5, 5.41) is 2.90. The monoisotopic (exact) mass is 331 g/mol. The number of nitrogens with one attached hydrogen (secondary N) is 1. The van der Waals surface area contributed by atoms with Crippen LogP contribution in [-0.2, 0) is 16.1 Å². The fourth-order valence-electron chi connectivity index (χ4n) is 3.41. The number of carbonyl (C=O) groups excluding carboxylic acids is 2. The predicted octanol–water partition coefficient (Wildman–Crippen LogP) is -0.278. The van der Waals surface area contributed by atoms with Crippen molar-refractivity contribution >= 4 is 11.8 Å². The van der Waals surface area contributed by atoms with Crippen LogP contribution >= 0.6 is 0 Å².